The Morgan fingerprint density at radius 3 is 1.27 bits per heavy atom. The van der Waals surface area contributed by atoms with E-state index >= 15 is 0 Å². The second-order valence-corrected chi connectivity index (χ2v) is 11.8. The molecule has 0 radical (unpaired) electrons. The quantitative estimate of drug-likeness (QED) is 0.273. The Kier molecular flexibility index (Phi) is 6.07. The molecule has 154 valence electrons. The van der Waals surface area contributed by atoms with E-state index in [2.05, 4.69) is 75.9 Å². The van der Waals surface area contributed by atoms with Gasteiger partial charge in [0.05, 0.1) is 19.5 Å². The van der Waals surface area contributed by atoms with Crippen molar-refractivity contribution in [2.45, 2.75) is 12.6 Å². The Morgan fingerprint density at radius 2 is 0.900 bits per heavy atom. The Bertz CT molecular complexity index is 1080. The van der Waals surface area contributed by atoms with Gasteiger partial charge in [-0.2, -0.15) is 0 Å². The lowest BCUT2D eigenvalue weighted by Gasteiger charge is -2.10. The highest BCUT2D eigenvalue weighted by Crippen LogP contribution is 2.48. The summed E-state index contributed by atoms with van der Waals surface area (Å²) in [6.07, 6.45) is 5.45. The van der Waals surface area contributed by atoms with Crippen LogP contribution < -0.4 is 0 Å². The van der Waals surface area contributed by atoms with Gasteiger partial charge in [0, 0.05) is 29.0 Å². The van der Waals surface area contributed by atoms with Crippen LogP contribution in [-0.2, 0) is 18.9 Å². The number of hydrogen-bond acceptors (Lipinski definition) is 6. The third-order valence-corrected chi connectivity index (χ3v) is 9.81. The maximum atomic E-state index is 5.47. The van der Waals surface area contributed by atoms with Crippen molar-refractivity contribution >= 4 is 86.4 Å². The van der Waals surface area contributed by atoms with Crippen LogP contribution in [0.25, 0.3) is 20.9 Å². The second kappa shape index (κ2) is 8.63. The number of halogens is 4. The minimum absolute atomic E-state index is 0.392. The van der Waals surface area contributed by atoms with Crippen LogP contribution in [0.15, 0.2) is 67.2 Å². The lowest BCUT2D eigenvalue weighted by molar-refractivity contribution is -0.0219. The van der Waals surface area contributed by atoms with E-state index in [1.165, 1.54) is 0 Å². The molecule has 0 saturated carbocycles. The highest BCUT2D eigenvalue weighted by Gasteiger charge is 2.24. The van der Waals surface area contributed by atoms with Crippen LogP contribution in [0.5, 0.6) is 0 Å². The first-order valence-electron chi connectivity index (χ1n) is 8.51. The number of benzene rings is 1. The van der Waals surface area contributed by atoms with Gasteiger partial charge in [0.25, 0.3) is 12.6 Å². The molecule has 1 aromatic carbocycles. The van der Waals surface area contributed by atoms with Crippen molar-refractivity contribution in [1.29, 1.82) is 0 Å². The summed E-state index contributed by atoms with van der Waals surface area (Å²) in [5, 5.41) is 0. The Balaban J connectivity index is 1.50. The molecule has 30 heavy (non-hydrogen) atoms. The Labute approximate surface area is 214 Å². The first kappa shape index (κ1) is 21.1. The summed E-state index contributed by atoms with van der Waals surface area (Å²) in [5.41, 5.74) is 2.14. The van der Waals surface area contributed by atoms with E-state index < -0.39 is 12.6 Å². The van der Waals surface area contributed by atoms with Crippen molar-refractivity contribution in [2.75, 3.05) is 0 Å². The van der Waals surface area contributed by atoms with E-state index in [1.54, 1.807) is 47.7 Å². The smallest absolute Gasteiger partial charge is 0.275 e. The molecule has 0 fully saturated rings. The molecule has 0 N–H and O–H groups in total. The van der Waals surface area contributed by atoms with Crippen LogP contribution >= 0.6 is 86.4 Å². The zero-order valence-electron chi connectivity index (χ0n) is 14.7. The fourth-order valence-electron chi connectivity index (χ4n) is 3.01. The molecule has 4 nitrogen and oxygen atoms in total. The summed E-state index contributed by atoms with van der Waals surface area (Å²) >= 11 is 18.1. The van der Waals surface area contributed by atoms with Crippen molar-refractivity contribution in [3.63, 3.8) is 0 Å². The molecule has 0 saturated heterocycles. The van der Waals surface area contributed by atoms with Gasteiger partial charge in [-0.05, 0) is 56.1 Å². The molecule has 2 aliphatic rings. The average molecular weight is 698 g/mol. The molecule has 0 atom stereocenters. The number of ether oxygens (including phenoxy) is 4. The Hall–Kier alpha value is -0.780. The zero-order chi connectivity index (χ0) is 20.8. The van der Waals surface area contributed by atoms with E-state index in [9.17, 15) is 0 Å². The summed E-state index contributed by atoms with van der Waals surface area (Å²) in [4.78, 5) is 4.16. The fraction of sp³-hybridized carbons (Fsp3) is 0.100. The second-order valence-electron chi connectivity index (χ2n) is 6.22. The maximum absolute atomic E-state index is 5.47. The van der Waals surface area contributed by atoms with Crippen LogP contribution in [-0.4, -0.2) is 0 Å². The van der Waals surface area contributed by atoms with Crippen molar-refractivity contribution < 1.29 is 18.9 Å². The predicted molar refractivity (Wildman–Crippen MR) is 132 cm³/mol. The largest absolute Gasteiger partial charge is 0.454 e. The fourth-order valence-corrected chi connectivity index (χ4v) is 8.18. The molecule has 2 aliphatic heterocycles. The summed E-state index contributed by atoms with van der Waals surface area (Å²) in [6.45, 7) is 0. The van der Waals surface area contributed by atoms with Crippen LogP contribution in [0.2, 0.25) is 0 Å². The molecule has 5 rings (SSSR count). The molecule has 2 aromatic heterocycles. The van der Waals surface area contributed by atoms with E-state index in [1.807, 2.05) is 12.1 Å². The van der Waals surface area contributed by atoms with Gasteiger partial charge in [0.1, 0.15) is 25.0 Å². The molecular weight excluding hydrogens is 688 g/mol. The summed E-state index contributed by atoms with van der Waals surface area (Å²) in [5.74, 6) is 0. The minimum Gasteiger partial charge on any atom is -0.454 e. The van der Waals surface area contributed by atoms with Crippen LogP contribution in [0, 0.1) is 0 Å². The van der Waals surface area contributed by atoms with Gasteiger partial charge in [-0.3, -0.25) is 0 Å². The first-order chi connectivity index (χ1) is 14.5. The van der Waals surface area contributed by atoms with Crippen LogP contribution in [0.3, 0.4) is 0 Å². The molecule has 0 spiro atoms. The minimum atomic E-state index is -0.392. The molecule has 0 unspecified atom stereocenters. The summed E-state index contributed by atoms with van der Waals surface area (Å²) in [6, 6.07) is 8.29. The molecule has 0 amide bonds. The maximum Gasteiger partial charge on any atom is 0.275 e. The average Bonchev–Trinajstić information content (AvgIpc) is 3.50. The summed E-state index contributed by atoms with van der Waals surface area (Å²) in [7, 11) is 0. The van der Waals surface area contributed by atoms with E-state index in [0.29, 0.717) is 0 Å². The third-order valence-electron chi connectivity index (χ3n) is 4.34. The van der Waals surface area contributed by atoms with Gasteiger partial charge in [-0.15, -0.1) is 22.7 Å². The van der Waals surface area contributed by atoms with Crippen molar-refractivity contribution in [1.82, 2.24) is 0 Å². The van der Waals surface area contributed by atoms with Crippen molar-refractivity contribution in [3.8, 4) is 20.9 Å². The normalized spacial score (nSPS) is 15.9. The van der Waals surface area contributed by atoms with Gasteiger partial charge < -0.3 is 18.9 Å². The van der Waals surface area contributed by atoms with Gasteiger partial charge in [0.2, 0.25) is 0 Å². The summed E-state index contributed by atoms with van der Waals surface area (Å²) < 4.78 is 25.8. The molecular formula is C20H10Br4O4S2. The Morgan fingerprint density at radius 1 is 0.533 bits per heavy atom. The standard InChI is InChI=1S/C20H10Br4O4S2/c21-11-6-10(18-14(24)8-16(30-18)20-27-3-4-28-20)12(22)5-9(11)17-13(23)7-15(29-17)19-25-1-2-26-19/h1-8,19-20H. The van der Waals surface area contributed by atoms with Gasteiger partial charge >= 0.3 is 0 Å². The highest BCUT2D eigenvalue weighted by atomic mass is 79.9. The number of rotatable bonds is 4. The monoisotopic (exact) mass is 694 g/mol. The lowest BCUT2D eigenvalue weighted by atomic mass is 10.1. The molecule has 0 aliphatic carbocycles. The molecule has 3 aromatic rings. The molecule has 0 bridgehead atoms. The van der Waals surface area contributed by atoms with Crippen LogP contribution in [0.4, 0.5) is 0 Å². The van der Waals surface area contributed by atoms with Crippen molar-refractivity contribution in [2.24, 2.45) is 0 Å². The van der Waals surface area contributed by atoms with E-state index in [-0.39, 0.29) is 0 Å². The first-order valence-corrected chi connectivity index (χ1v) is 13.3. The predicted octanol–water partition coefficient (Wildman–Crippen LogP) is 9.23. The van der Waals surface area contributed by atoms with Gasteiger partial charge in [-0.1, -0.05) is 31.9 Å². The molecule has 10 heteroatoms. The topological polar surface area (TPSA) is 36.9 Å². The molecule has 4 heterocycles. The number of thiophene rings is 2. The lowest BCUT2D eigenvalue weighted by Crippen LogP contribution is -1.93. The number of hydrogen-bond donors (Lipinski definition) is 0. The zero-order valence-corrected chi connectivity index (χ0v) is 22.7. The third kappa shape index (κ3) is 3.91. The van der Waals surface area contributed by atoms with E-state index in [4.69, 9.17) is 18.9 Å². The van der Waals surface area contributed by atoms with Gasteiger partial charge in [0.15, 0.2) is 0 Å². The van der Waals surface area contributed by atoms with Crippen molar-refractivity contribution in [3.05, 3.63) is 77.0 Å². The SMILES string of the molecule is Brc1cc(-c2sc(C3OC=CO3)cc2Br)c(Br)cc1-c1sc(C2OC=CO2)cc1Br. The van der Waals surface area contributed by atoms with Crippen LogP contribution in [0.1, 0.15) is 22.3 Å². The van der Waals surface area contributed by atoms with E-state index in [0.717, 1.165) is 48.5 Å². The van der Waals surface area contributed by atoms with Gasteiger partial charge in [-0.25, -0.2) is 0 Å². The highest BCUT2D eigenvalue weighted by molar-refractivity contribution is 9.11.